The second-order valence-corrected chi connectivity index (χ2v) is 7.77. The van der Waals surface area contributed by atoms with E-state index in [-0.39, 0.29) is 18.9 Å². The molecule has 0 heterocycles. The van der Waals surface area contributed by atoms with E-state index in [4.69, 9.17) is 10.00 Å². The number of amides is 1. The van der Waals surface area contributed by atoms with Crippen molar-refractivity contribution in [3.8, 4) is 5.40 Å². The van der Waals surface area contributed by atoms with Gasteiger partial charge in [0.2, 0.25) is 0 Å². The molecular formula is C20H20N2O3S2. The fraction of sp³-hybridized carbons (Fsp3) is 0.250. The summed E-state index contributed by atoms with van der Waals surface area (Å²) >= 11 is 2.64. The summed E-state index contributed by atoms with van der Waals surface area (Å²) in [6.07, 6.45) is 0.241. The number of benzene rings is 2. The lowest BCUT2D eigenvalue weighted by atomic mass is 10.1. The summed E-state index contributed by atoms with van der Waals surface area (Å²) in [4.78, 5) is 25.8. The van der Waals surface area contributed by atoms with Crippen LogP contribution in [0.2, 0.25) is 0 Å². The smallest absolute Gasteiger partial charge is 0.307 e. The number of hydrogen-bond donors (Lipinski definition) is 1. The van der Waals surface area contributed by atoms with E-state index in [2.05, 4.69) is 5.32 Å². The Balaban J connectivity index is 1.77. The van der Waals surface area contributed by atoms with Gasteiger partial charge in [0.25, 0.3) is 5.91 Å². The molecule has 1 amide bonds. The van der Waals surface area contributed by atoms with Crippen LogP contribution >= 0.6 is 23.5 Å². The number of hydrogen-bond acceptors (Lipinski definition) is 6. The van der Waals surface area contributed by atoms with E-state index in [1.165, 1.54) is 0 Å². The van der Waals surface area contributed by atoms with Crippen molar-refractivity contribution in [3.63, 3.8) is 0 Å². The number of ether oxygens (including phenoxy) is 1. The molecule has 1 N–H and O–H groups in total. The van der Waals surface area contributed by atoms with E-state index >= 15 is 0 Å². The summed E-state index contributed by atoms with van der Waals surface area (Å²) in [7, 11) is 0. The number of rotatable bonds is 8. The van der Waals surface area contributed by atoms with Crippen molar-refractivity contribution in [2.75, 3.05) is 17.7 Å². The molecule has 0 aromatic heterocycles. The zero-order chi connectivity index (χ0) is 19.6. The van der Waals surface area contributed by atoms with Crippen molar-refractivity contribution < 1.29 is 14.3 Å². The number of anilines is 1. The minimum Gasteiger partial charge on any atom is -0.456 e. The van der Waals surface area contributed by atoms with Crippen LogP contribution in [0.1, 0.15) is 17.5 Å². The van der Waals surface area contributed by atoms with E-state index in [0.29, 0.717) is 11.4 Å². The first-order chi connectivity index (χ1) is 13.0. The maximum Gasteiger partial charge on any atom is 0.307 e. The van der Waals surface area contributed by atoms with E-state index in [9.17, 15) is 9.59 Å². The summed E-state index contributed by atoms with van der Waals surface area (Å²) in [5.74, 6) is -0.186. The summed E-state index contributed by atoms with van der Waals surface area (Å²) in [6.45, 7) is 3.40. The van der Waals surface area contributed by atoms with Crippen LogP contribution in [0, 0.1) is 24.5 Å². The Bertz CT molecular complexity index is 825. The van der Waals surface area contributed by atoms with Gasteiger partial charge >= 0.3 is 5.97 Å². The van der Waals surface area contributed by atoms with Crippen molar-refractivity contribution in [2.45, 2.75) is 30.1 Å². The van der Waals surface area contributed by atoms with Gasteiger partial charge < -0.3 is 10.1 Å². The third-order valence-electron chi connectivity index (χ3n) is 3.62. The highest BCUT2D eigenvalue weighted by molar-refractivity contribution is 8.03. The van der Waals surface area contributed by atoms with Gasteiger partial charge in [0.1, 0.15) is 5.40 Å². The molecule has 0 aliphatic heterocycles. The summed E-state index contributed by atoms with van der Waals surface area (Å²) in [6, 6.07) is 13.5. The molecule has 0 aliphatic rings. The Morgan fingerprint density at radius 1 is 1.11 bits per heavy atom. The molecule has 0 fully saturated rings. The number of esters is 1. The predicted molar refractivity (Wildman–Crippen MR) is 109 cm³/mol. The summed E-state index contributed by atoms with van der Waals surface area (Å²) in [5, 5.41) is 13.6. The number of carbonyl (C=O) groups is 2. The third kappa shape index (κ3) is 7.00. The molecule has 27 heavy (non-hydrogen) atoms. The number of carbonyl (C=O) groups excluding carboxylic acids is 2. The largest absolute Gasteiger partial charge is 0.456 e. The highest BCUT2D eigenvalue weighted by Gasteiger charge is 2.12. The molecule has 0 spiro atoms. The highest BCUT2D eigenvalue weighted by atomic mass is 32.2. The zero-order valence-electron chi connectivity index (χ0n) is 15.2. The normalized spacial score (nSPS) is 10.1. The van der Waals surface area contributed by atoms with E-state index in [1.807, 2.05) is 61.7 Å². The first-order valence-corrected chi connectivity index (χ1v) is 10.1. The van der Waals surface area contributed by atoms with Crippen molar-refractivity contribution >= 4 is 41.1 Å². The van der Waals surface area contributed by atoms with E-state index < -0.39 is 5.97 Å². The summed E-state index contributed by atoms with van der Waals surface area (Å²) in [5.41, 5.74) is 2.39. The quantitative estimate of drug-likeness (QED) is 0.398. The highest BCUT2D eigenvalue weighted by Crippen LogP contribution is 2.27. The molecule has 0 unspecified atom stereocenters. The number of thioether (sulfide) groups is 2. The molecule has 7 heteroatoms. The molecule has 2 rings (SSSR count). The van der Waals surface area contributed by atoms with Crippen LogP contribution in [0.15, 0.2) is 52.3 Å². The van der Waals surface area contributed by atoms with Gasteiger partial charge in [-0.05, 0) is 61.0 Å². The first kappa shape index (κ1) is 20.9. The molecule has 5 nitrogen and oxygen atoms in total. The zero-order valence-corrected chi connectivity index (χ0v) is 16.8. The van der Waals surface area contributed by atoms with Crippen LogP contribution in [0.3, 0.4) is 0 Å². The summed E-state index contributed by atoms with van der Waals surface area (Å²) < 4.78 is 5.04. The lowest BCUT2D eigenvalue weighted by Gasteiger charge is -2.13. The van der Waals surface area contributed by atoms with E-state index in [0.717, 1.165) is 32.7 Å². The van der Waals surface area contributed by atoms with Crippen LogP contribution in [-0.4, -0.2) is 24.2 Å². The van der Waals surface area contributed by atoms with Crippen LogP contribution < -0.4 is 5.32 Å². The molecule has 2 aromatic rings. The van der Waals surface area contributed by atoms with Crippen molar-refractivity contribution in [3.05, 3.63) is 53.6 Å². The molecule has 0 radical (unpaired) electrons. The molecule has 2 aromatic carbocycles. The predicted octanol–water partition coefficient (Wildman–Crippen LogP) is 4.54. The average Bonchev–Trinajstić information content (AvgIpc) is 2.64. The van der Waals surface area contributed by atoms with Crippen molar-refractivity contribution in [1.29, 1.82) is 5.26 Å². The van der Waals surface area contributed by atoms with Crippen molar-refractivity contribution in [2.24, 2.45) is 0 Å². The Morgan fingerprint density at radius 2 is 1.78 bits per heavy atom. The van der Waals surface area contributed by atoms with Gasteiger partial charge in [-0.1, -0.05) is 18.2 Å². The standard InChI is InChI=1S/C20H20N2O3S2/c1-14-10-17(27-13-21)11-15(2)20(14)22-18(23)12-25-19(24)8-9-26-16-6-4-3-5-7-16/h3-7,10-11H,8-9,12H2,1-2H3,(H,22,23). The molecule has 0 saturated carbocycles. The van der Waals surface area contributed by atoms with Gasteiger partial charge in [0.05, 0.1) is 6.42 Å². The molecular weight excluding hydrogens is 380 g/mol. The molecule has 140 valence electrons. The fourth-order valence-corrected chi connectivity index (χ4v) is 3.83. The monoisotopic (exact) mass is 400 g/mol. The molecule has 0 aliphatic carbocycles. The third-order valence-corrected chi connectivity index (χ3v) is 5.19. The van der Waals surface area contributed by atoms with Crippen LogP contribution in [0.25, 0.3) is 0 Å². The van der Waals surface area contributed by atoms with Crippen LogP contribution in [0.5, 0.6) is 0 Å². The number of aryl methyl sites for hydroxylation is 2. The Hall–Kier alpha value is -2.43. The van der Waals surface area contributed by atoms with E-state index in [1.54, 1.807) is 11.8 Å². The Morgan fingerprint density at radius 3 is 2.41 bits per heavy atom. The van der Waals surface area contributed by atoms with Gasteiger partial charge in [0.15, 0.2) is 6.61 Å². The maximum absolute atomic E-state index is 12.1. The minimum absolute atomic E-state index is 0.241. The molecule has 0 bridgehead atoms. The number of nitriles is 1. The van der Waals surface area contributed by atoms with Crippen molar-refractivity contribution in [1.82, 2.24) is 0 Å². The lowest BCUT2D eigenvalue weighted by molar-refractivity contribution is -0.146. The molecule has 0 atom stereocenters. The molecule has 0 saturated heterocycles. The topological polar surface area (TPSA) is 79.2 Å². The van der Waals surface area contributed by atoms with Crippen LogP contribution in [0.4, 0.5) is 5.69 Å². The number of nitrogens with one attached hydrogen (secondary N) is 1. The number of thiocyanates is 1. The van der Waals surface area contributed by atoms with Gasteiger partial charge in [-0.2, -0.15) is 5.26 Å². The second-order valence-electron chi connectivity index (χ2n) is 5.75. The Kier molecular flexibility index (Phi) is 8.24. The first-order valence-electron chi connectivity index (χ1n) is 8.30. The van der Waals surface area contributed by atoms with Crippen LogP contribution in [-0.2, 0) is 14.3 Å². The Labute approximate surface area is 167 Å². The fourth-order valence-electron chi connectivity index (χ4n) is 2.40. The number of nitrogens with zero attached hydrogens (tertiary/aromatic N) is 1. The maximum atomic E-state index is 12.1. The van der Waals surface area contributed by atoms with Gasteiger partial charge in [0, 0.05) is 21.2 Å². The average molecular weight is 401 g/mol. The second kappa shape index (κ2) is 10.7. The van der Waals surface area contributed by atoms with Gasteiger partial charge in [-0.25, -0.2) is 0 Å². The SMILES string of the molecule is Cc1cc(SC#N)cc(C)c1NC(=O)COC(=O)CCSc1ccccc1. The van der Waals surface area contributed by atoms with Gasteiger partial charge in [-0.3, -0.25) is 9.59 Å². The lowest BCUT2D eigenvalue weighted by Crippen LogP contribution is -2.22. The minimum atomic E-state index is -0.400. The van der Waals surface area contributed by atoms with Gasteiger partial charge in [-0.15, -0.1) is 11.8 Å².